The zero-order chi connectivity index (χ0) is 19.9. The molecule has 148 valence electrons. The van der Waals surface area contributed by atoms with Gasteiger partial charge in [-0.15, -0.1) is 11.3 Å². The quantitative estimate of drug-likeness (QED) is 0.670. The third-order valence-electron chi connectivity index (χ3n) is 5.36. The first-order valence-corrected chi connectivity index (χ1v) is 11.5. The number of thiophene rings is 1. The Morgan fingerprint density at radius 2 is 2.00 bits per heavy atom. The number of hydrogen-bond acceptors (Lipinski definition) is 5. The van der Waals surface area contributed by atoms with E-state index >= 15 is 0 Å². The zero-order valence-electron chi connectivity index (χ0n) is 15.4. The number of hydrogen-bond donors (Lipinski definition) is 3. The molecule has 28 heavy (non-hydrogen) atoms. The Kier molecular flexibility index (Phi) is 4.91. The van der Waals surface area contributed by atoms with Crippen molar-refractivity contribution in [3.8, 4) is 0 Å². The van der Waals surface area contributed by atoms with Crippen molar-refractivity contribution < 1.29 is 18.3 Å². The summed E-state index contributed by atoms with van der Waals surface area (Å²) in [6.07, 6.45) is 3.15. The van der Waals surface area contributed by atoms with Crippen LogP contribution in [0.25, 0.3) is 5.57 Å². The first-order chi connectivity index (χ1) is 13.3. The summed E-state index contributed by atoms with van der Waals surface area (Å²) < 4.78 is 28.5. The average molecular weight is 419 g/mol. The largest absolute Gasteiger partial charge is 0.480 e. The molecule has 4 rings (SSSR count). The molecule has 0 amide bonds. The van der Waals surface area contributed by atoms with Gasteiger partial charge in [0.2, 0.25) is 0 Å². The van der Waals surface area contributed by atoms with Crippen molar-refractivity contribution in [3.63, 3.8) is 0 Å². The maximum Gasteiger partial charge on any atom is 0.325 e. The van der Waals surface area contributed by atoms with E-state index in [0.717, 1.165) is 29.0 Å². The van der Waals surface area contributed by atoms with E-state index < -0.39 is 21.5 Å². The highest BCUT2D eigenvalue weighted by atomic mass is 32.2. The van der Waals surface area contributed by atoms with Crippen LogP contribution in [0.15, 0.2) is 52.7 Å². The predicted molar refractivity (Wildman–Crippen MR) is 109 cm³/mol. The monoisotopic (exact) mass is 418 g/mol. The van der Waals surface area contributed by atoms with Crippen molar-refractivity contribution in [2.45, 2.75) is 41.5 Å². The Morgan fingerprint density at radius 3 is 2.68 bits per heavy atom. The molecule has 2 aromatic rings. The molecular weight excluding hydrogens is 396 g/mol. The third kappa shape index (κ3) is 3.53. The van der Waals surface area contributed by atoms with Crippen molar-refractivity contribution in [2.75, 3.05) is 6.54 Å². The van der Waals surface area contributed by atoms with E-state index in [1.807, 2.05) is 30.3 Å². The molecular formula is C20H22N2O4S2. The van der Waals surface area contributed by atoms with Crippen LogP contribution >= 0.6 is 11.3 Å². The maximum atomic E-state index is 12.9. The fraction of sp³-hybridized carbons (Fsp3) is 0.350. The zero-order valence-corrected chi connectivity index (χ0v) is 17.0. The van der Waals surface area contributed by atoms with E-state index in [2.05, 4.69) is 23.0 Å². The molecule has 3 N–H and O–H groups in total. The Morgan fingerprint density at radius 1 is 1.25 bits per heavy atom. The summed E-state index contributed by atoms with van der Waals surface area (Å²) in [5, 5.41) is 13.1. The van der Waals surface area contributed by atoms with Gasteiger partial charge in [0, 0.05) is 23.4 Å². The summed E-state index contributed by atoms with van der Waals surface area (Å²) >= 11 is 1.19. The lowest BCUT2D eigenvalue weighted by molar-refractivity contribution is -0.140. The van der Waals surface area contributed by atoms with E-state index in [9.17, 15) is 18.3 Å². The van der Waals surface area contributed by atoms with Gasteiger partial charge in [-0.05, 0) is 43.0 Å². The smallest absolute Gasteiger partial charge is 0.325 e. The van der Waals surface area contributed by atoms with Gasteiger partial charge >= 0.3 is 5.97 Å². The van der Waals surface area contributed by atoms with E-state index in [1.54, 1.807) is 12.1 Å². The van der Waals surface area contributed by atoms with Gasteiger partial charge in [-0.1, -0.05) is 36.4 Å². The molecule has 2 heterocycles. The number of nitrogens with one attached hydrogen (secondary N) is 2. The standard InChI is InChI=1S/C20H22N2O4S2/c1-13-11-15(9-10-21-13)17-7-8-18(27-17)28(25,26)22-20(19(23)24)12-16(20)14-5-3-2-4-6-14/h2-9,13,16,21-22H,10-12H2,1H3,(H,23,24)/t13?,16-,20+/m1/s1. The minimum atomic E-state index is -3.93. The second-order valence-electron chi connectivity index (χ2n) is 7.41. The molecule has 6 nitrogen and oxygen atoms in total. The van der Waals surface area contributed by atoms with Crippen LogP contribution in [-0.2, 0) is 14.8 Å². The molecule has 2 aliphatic rings. The number of carbonyl (C=O) groups is 1. The van der Waals surface area contributed by atoms with Crippen LogP contribution in [0.3, 0.4) is 0 Å². The normalized spacial score (nSPS) is 27.2. The van der Waals surface area contributed by atoms with E-state index in [-0.39, 0.29) is 16.5 Å². The fourth-order valence-corrected chi connectivity index (χ4v) is 6.50. The van der Waals surface area contributed by atoms with Gasteiger partial charge in [0.1, 0.15) is 9.75 Å². The minimum absolute atomic E-state index is 0.147. The number of carboxylic acids is 1. The van der Waals surface area contributed by atoms with Gasteiger partial charge in [-0.2, -0.15) is 4.72 Å². The van der Waals surface area contributed by atoms with Crippen LogP contribution in [0, 0.1) is 0 Å². The van der Waals surface area contributed by atoms with Gasteiger partial charge in [0.25, 0.3) is 10.0 Å². The number of rotatable bonds is 6. The Hall–Kier alpha value is -2.00. The second-order valence-corrected chi connectivity index (χ2v) is 10.4. The van der Waals surface area contributed by atoms with Crippen LogP contribution in [0.4, 0.5) is 0 Å². The summed E-state index contributed by atoms with van der Waals surface area (Å²) in [4.78, 5) is 12.8. The molecule has 1 aromatic heterocycles. The highest BCUT2D eigenvalue weighted by Crippen LogP contribution is 2.52. The number of sulfonamides is 1. The van der Waals surface area contributed by atoms with Crippen molar-refractivity contribution in [1.82, 2.24) is 10.0 Å². The number of aliphatic carboxylic acids is 1. The van der Waals surface area contributed by atoms with E-state index in [0.29, 0.717) is 6.04 Å². The molecule has 0 saturated heterocycles. The highest BCUT2D eigenvalue weighted by Gasteiger charge is 2.63. The summed E-state index contributed by atoms with van der Waals surface area (Å²) in [6.45, 7) is 2.85. The topological polar surface area (TPSA) is 95.5 Å². The van der Waals surface area contributed by atoms with Crippen molar-refractivity contribution in [3.05, 3.63) is 59.0 Å². The van der Waals surface area contributed by atoms with E-state index in [1.165, 1.54) is 11.3 Å². The first-order valence-electron chi connectivity index (χ1n) is 9.17. The molecule has 0 radical (unpaired) electrons. The SMILES string of the molecule is CC1CC(c2ccc(S(=O)(=O)N[C@@]3(C(=O)O)C[C@@H]3c3ccccc3)s2)=CCN1. The fourth-order valence-electron chi connectivity index (χ4n) is 3.74. The van der Waals surface area contributed by atoms with Gasteiger partial charge in [-0.25, -0.2) is 8.42 Å². The highest BCUT2D eigenvalue weighted by molar-refractivity contribution is 7.91. The number of carboxylic acid groups (broad SMARTS) is 1. The lowest BCUT2D eigenvalue weighted by atomic mass is 10.0. The van der Waals surface area contributed by atoms with E-state index in [4.69, 9.17) is 0 Å². The Labute approximate surface area is 168 Å². The molecule has 1 fully saturated rings. The summed E-state index contributed by atoms with van der Waals surface area (Å²) in [6, 6.07) is 12.9. The second kappa shape index (κ2) is 7.11. The van der Waals surface area contributed by atoms with Crippen LogP contribution < -0.4 is 10.0 Å². The van der Waals surface area contributed by atoms with Crippen molar-refractivity contribution >= 4 is 32.9 Å². The molecule has 1 aromatic carbocycles. The summed E-state index contributed by atoms with van der Waals surface area (Å²) in [5.41, 5.74) is 0.472. The molecule has 8 heteroatoms. The predicted octanol–water partition coefficient (Wildman–Crippen LogP) is 2.80. The molecule has 1 aliphatic carbocycles. The molecule has 1 unspecified atom stereocenters. The van der Waals surface area contributed by atoms with Crippen LogP contribution in [0.1, 0.15) is 36.1 Å². The molecule has 0 spiro atoms. The van der Waals surface area contributed by atoms with Gasteiger partial charge in [-0.3, -0.25) is 4.79 Å². The van der Waals surface area contributed by atoms with Crippen LogP contribution in [0.5, 0.6) is 0 Å². The van der Waals surface area contributed by atoms with Crippen molar-refractivity contribution in [1.29, 1.82) is 0 Å². The lowest BCUT2D eigenvalue weighted by Gasteiger charge is -2.19. The average Bonchev–Trinajstić information content (AvgIpc) is 3.16. The first kappa shape index (κ1) is 19.3. The number of benzene rings is 1. The molecule has 1 saturated carbocycles. The summed E-state index contributed by atoms with van der Waals surface area (Å²) in [5.74, 6) is -1.51. The molecule has 0 bridgehead atoms. The van der Waals surface area contributed by atoms with Crippen molar-refractivity contribution in [2.24, 2.45) is 0 Å². The van der Waals surface area contributed by atoms with Crippen LogP contribution in [0.2, 0.25) is 0 Å². The Balaban J connectivity index is 1.57. The summed E-state index contributed by atoms with van der Waals surface area (Å²) in [7, 11) is -3.93. The van der Waals surface area contributed by atoms with Gasteiger partial charge in [0.05, 0.1) is 0 Å². The third-order valence-corrected chi connectivity index (χ3v) is 8.53. The van der Waals surface area contributed by atoms with Gasteiger partial charge in [0.15, 0.2) is 0 Å². The van der Waals surface area contributed by atoms with Crippen LogP contribution in [-0.4, -0.2) is 37.6 Å². The molecule has 3 atom stereocenters. The lowest BCUT2D eigenvalue weighted by Crippen LogP contribution is -2.44. The van der Waals surface area contributed by atoms with Gasteiger partial charge < -0.3 is 10.4 Å². The maximum absolute atomic E-state index is 12.9. The minimum Gasteiger partial charge on any atom is -0.480 e. The molecule has 1 aliphatic heterocycles. The Bertz CT molecular complexity index is 1030.